The van der Waals surface area contributed by atoms with Crippen LogP contribution in [0, 0.1) is 5.41 Å². The molecule has 1 unspecified atom stereocenters. The van der Waals surface area contributed by atoms with Crippen LogP contribution in [0.25, 0.3) is 0 Å². The van der Waals surface area contributed by atoms with Crippen molar-refractivity contribution in [3.63, 3.8) is 0 Å². The van der Waals surface area contributed by atoms with Crippen LogP contribution in [-0.4, -0.2) is 49.9 Å². The van der Waals surface area contributed by atoms with Crippen molar-refractivity contribution in [1.82, 2.24) is 10.6 Å². The van der Waals surface area contributed by atoms with E-state index in [1.807, 2.05) is 18.2 Å². The molecule has 1 aromatic rings. The van der Waals surface area contributed by atoms with E-state index in [4.69, 9.17) is 11.6 Å². The number of hydrogen-bond acceptors (Lipinski definition) is 3. The fraction of sp³-hybridized carbons (Fsp3) is 0.611. The number of nitrogens with one attached hydrogen (secondary N) is 2. The fourth-order valence-electron chi connectivity index (χ4n) is 3.09. The van der Waals surface area contributed by atoms with Crippen molar-refractivity contribution in [2.75, 3.05) is 37.7 Å². The fourth-order valence-corrected chi connectivity index (χ4v) is 3.27. The van der Waals surface area contributed by atoms with Crippen LogP contribution in [-0.2, 0) is 0 Å². The van der Waals surface area contributed by atoms with Crippen LogP contribution in [0.15, 0.2) is 29.3 Å². The van der Waals surface area contributed by atoms with Gasteiger partial charge in [0.25, 0.3) is 0 Å². The maximum absolute atomic E-state index is 9.44. The highest BCUT2D eigenvalue weighted by atomic mass is 127. The number of rotatable bonds is 6. The Bertz CT molecular complexity index is 594. The molecule has 25 heavy (non-hydrogen) atoms. The molecule has 140 valence electrons. The molecule has 1 saturated heterocycles. The zero-order chi connectivity index (χ0) is 17.0. The molecule has 7 heteroatoms. The van der Waals surface area contributed by atoms with E-state index in [1.165, 1.54) is 5.69 Å². The maximum atomic E-state index is 9.44. The Morgan fingerprint density at radius 1 is 1.44 bits per heavy atom. The van der Waals surface area contributed by atoms with Crippen molar-refractivity contribution in [3.05, 3.63) is 29.3 Å². The Hall–Kier alpha value is -0.730. The first-order chi connectivity index (χ1) is 11.6. The number of hydrogen-bond donors (Lipinski definition) is 3. The molecule has 5 nitrogen and oxygen atoms in total. The molecule has 1 saturated carbocycles. The summed E-state index contributed by atoms with van der Waals surface area (Å²) < 4.78 is 0. The lowest BCUT2D eigenvalue weighted by Crippen LogP contribution is -2.45. The average molecular weight is 479 g/mol. The van der Waals surface area contributed by atoms with Crippen LogP contribution in [0.2, 0.25) is 5.02 Å². The highest BCUT2D eigenvalue weighted by molar-refractivity contribution is 14.0. The van der Waals surface area contributed by atoms with E-state index in [0.29, 0.717) is 12.6 Å². The van der Waals surface area contributed by atoms with Gasteiger partial charge >= 0.3 is 0 Å². The van der Waals surface area contributed by atoms with Gasteiger partial charge in [0.05, 0.1) is 13.2 Å². The molecule has 1 aliphatic heterocycles. The summed E-state index contributed by atoms with van der Waals surface area (Å²) in [4.78, 5) is 7.04. The molecule has 1 aromatic carbocycles. The predicted molar refractivity (Wildman–Crippen MR) is 115 cm³/mol. The SMILES string of the molecule is CCNC(=NCC1(CO)CC1)NC1CCN(c2cccc(Cl)c2)C1.I. The molecule has 0 bridgehead atoms. The van der Waals surface area contributed by atoms with E-state index in [1.54, 1.807) is 0 Å². The minimum atomic E-state index is 0. The van der Waals surface area contributed by atoms with Gasteiger partial charge in [-0.05, 0) is 44.4 Å². The van der Waals surface area contributed by atoms with Crippen molar-refractivity contribution < 1.29 is 5.11 Å². The monoisotopic (exact) mass is 478 g/mol. The summed E-state index contributed by atoms with van der Waals surface area (Å²) in [6.07, 6.45) is 3.23. The molecule has 2 aliphatic rings. The number of nitrogens with zero attached hydrogens (tertiary/aromatic N) is 2. The Kier molecular flexibility index (Phi) is 7.64. The predicted octanol–water partition coefficient (Wildman–Crippen LogP) is 2.86. The van der Waals surface area contributed by atoms with E-state index in [-0.39, 0.29) is 36.0 Å². The van der Waals surface area contributed by atoms with Crippen LogP contribution in [0.5, 0.6) is 0 Å². The van der Waals surface area contributed by atoms with E-state index in [0.717, 1.165) is 49.9 Å². The number of aliphatic imine (C=N–C) groups is 1. The minimum absolute atomic E-state index is 0. The standard InChI is InChI=1S/C18H27ClN4O.HI/c1-2-20-17(21-12-18(13-24)7-8-18)22-15-6-9-23(11-15)16-5-3-4-14(19)10-16;/h3-5,10,15,24H,2,6-9,11-13H2,1H3,(H2,20,21,22);1H. The first kappa shape index (κ1) is 20.6. The van der Waals surface area contributed by atoms with Crippen LogP contribution >= 0.6 is 35.6 Å². The summed E-state index contributed by atoms with van der Waals surface area (Å²) >= 11 is 6.10. The average Bonchev–Trinajstić information content (AvgIpc) is 3.22. The number of anilines is 1. The molecular formula is C18H28ClIN4O. The van der Waals surface area contributed by atoms with Gasteiger partial charge in [-0.1, -0.05) is 17.7 Å². The van der Waals surface area contributed by atoms with E-state index in [2.05, 4.69) is 33.5 Å². The Labute approximate surface area is 172 Å². The number of guanidine groups is 1. The molecule has 3 N–H and O–H groups in total. The third-order valence-electron chi connectivity index (χ3n) is 4.91. The van der Waals surface area contributed by atoms with Gasteiger partial charge in [-0.2, -0.15) is 0 Å². The maximum Gasteiger partial charge on any atom is 0.191 e. The lowest BCUT2D eigenvalue weighted by molar-refractivity contribution is 0.217. The third kappa shape index (κ3) is 5.62. The minimum Gasteiger partial charge on any atom is -0.396 e. The Balaban J connectivity index is 0.00000225. The smallest absolute Gasteiger partial charge is 0.191 e. The van der Waals surface area contributed by atoms with Crippen LogP contribution < -0.4 is 15.5 Å². The first-order valence-corrected chi connectivity index (χ1v) is 9.18. The van der Waals surface area contributed by atoms with Gasteiger partial charge in [0.2, 0.25) is 0 Å². The summed E-state index contributed by atoms with van der Waals surface area (Å²) in [6, 6.07) is 8.38. The second-order valence-corrected chi connectivity index (χ2v) is 7.35. The van der Waals surface area contributed by atoms with E-state index >= 15 is 0 Å². The van der Waals surface area contributed by atoms with Gasteiger partial charge in [-0.3, -0.25) is 4.99 Å². The van der Waals surface area contributed by atoms with Gasteiger partial charge in [0.15, 0.2) is 5.96 Å². The summed E-state index contributed by atoms with van der Waals surface area (Å²) in [6.45, 7) is 5.80. The van der Waals surface area contributed by atoms with Crippen molar-refractivity contribution in [3.8, 4) is 0 Å². The highest BCUT2D eigenvalue weighted by Crippen LogP contribution is 2.45. The lowest BCUT2D eigenvalue weighted by Gasteiger charge is -2.21. The molecule has 3 rings (SSSR count). The van der Waals surface area contributed by atoms with Crippen molar-refractivity contribution in [2.45, 2.75) is 32.2 Å². The zero-order valence-corrected chi connectivity index (χ0v) is 17.8. The Morgan fingerprint density at radius 3 is 2.88 bits per heavy atom. The van der Waals surface area contributed by atoms with Gasteiger partial charge in [0, 0.05) is 41.8 Å². The van der Waals surface area contributed by atoms with E-state index < -0.39 is 0 Å². The molecule has 0 spiro atoms. The number of halogens is 2. The largest absolute Gasteiger partial charge is 0.396 e. The highest BCUT2D eigenvalue weighted by Gasteiger charge is 2.41. The molecule has 0 amide bonds. The summed E-state index contributed by atoms with van der Waals surface area (Å²) in [7, 11) is 0. The van der Waals surface area contributed by atoms with Gasteiger partial charge in [0.1, 0.15) is 0 Å². The molecule has 1 heterocycles. The summed E-state index contributed by atoms with van der Waals surface area (Å²) in [5.74, 6) is 0.857. The van der Waals surface area contributed by atoms with Crippen molar-refractivity contribution in [2.24, 2.45) is 10.4 Å². The summed E-state index contributed by atoms with van der Waals surface area (Å²) in [5.41, 5.74) is 1.22. The Morgan fingerprint density at radius 2 is 2.24 bits per heavy atom. The number of benzene rings is 1. The topological polar surface area (TPSA) is 59.9 Å². The van der Waals surface area contributed by atoms with Gasteiger partial charge < -0.3 is 20.6 Å². The lowest BCUT2D eigenvalue weighted by atomic mass is 10.1. The molecule has 1 atom stereocenters. The van der Waals surface area contributed by atoms with Crippen molar-refractivity contribution >= 4 is 47.2 Å². The zero-order valence-electron chi connectivity index (χ0n) is 14.7. The molecule has 0 radical (unpaired) electrons. The molecule has 2 fully saturated rings. The quantitative estimate of drug-likeness (QED) is 0.334. The second kappa shape index (κ2) is 9.28. The molecule has 1 aliphatic carbocycles. The third-order valence-corrected chi connectivity index (χ3v) is 5.15. The van der Waals surface area contributed by atoms with E-state index in [9.17, 15) is 5.11 Å². The van der Waals surface area contributed by atoms with Crippen LogP contribution in [0.1, 0.15) is 26.2 Å². The second-order valence-electron chi connectivity index (χ2n) is 6.91. The van der Waals surface area contributed by atoms with Crippen LogP contribution in [0.4, 0.5) is 5.69 Å². The van der Waals surface area contributed by atoms with Gasteiger partial charge in [-0.25, -0.2) is 0 Å². The summed E-state index contributed by atoms with van der Waals surface area (Å²) in [5, 5.41) is 17.1. The molecule has 0 aromatic heterocycles. The van der Waals surface area contributed by atoms with Crippen LogP contribution in [0.3, 0.4) is 0 Å². The normalized spacial score (nSPS) is 21.6. The van der Waals surface area contributed by atoms with Crippen molar-refractivity contribution in [1.29, 1.82) is 0 Å². The number of aliphatic hydroxyl groups excluding tert-OH is 1. The van der Waals surface area contributed by atoms with Gasteiger partial charge in [-0.15, -0.1) is 24.0 Å². The number of aliphatic hydroxyl groups is 1. The first-order valence-electron chi connectivity index (χ1n) is 8.80. The molecular weight excluding hydrogens is 451 g/mol.